The smallest absolute Gasteiger partial charge is 0.323 e. The second-order valence-corrected chi connectivity index (χ2v) is 6.67. The summed E-state index contributed by atoms with van der Waals surface area (Å²) >= 11 is 0. The molecule has 1 aliphatic heterocycles. The fourth-order valence-corrected chi connectivity index (χ4v) is 3.42. The number of fused-ring (bicyclic) bond motifs is 2. The van der Waals surface area contributed by atoms with Crippen molar-refractivity contribution in [3.05, 3.63) is 36.8 Å². The van der Waals surface area contributed by atoms with Gasteiger partial charge in [0.1, 0.15) is 6.54 Å². The number of hydrogen-bond donors (Lipinski definition) is 2. The Labute approximate surface area is 163 Å². The van der Waals surface area contributed by atoms with E-state index in [4.69, 9.17) is 0 Å². The molecular formula is C18H16N8O3. The van der Waals surface area contributed by atoms with E-state index in [-0.39, 0.29) is 19.0 Å². The predicted octanol–water partition coefficient (Wildman–Crippen LogP) is 0.186. The maximum atomic E-state index is 11.8. The Kier molecular flexibility index (Phi) is 3.86. The van der Waals surface area contributed by atoms with Crippen LogP contribution in [0, 0.1) is 0 Å². The highest BCUT2D eigenvalue weighted by Crippen LogP contribution is 2.25. The lowest BCUT2D eigenvalue weighted by atomic mass is 10.2. The third kappa shape index (κ3) is 2.92. The van der Waals surface area contributed by atoms with Crippen LogP contribution in [0.5, 0.6) is 0 Å². The molecule has 11 heteroatoms. The number of carboxylic acids is 1. The monoisotopic (exact) mass is 392 g/mol. The number of aromatic nitrogens is 6. The van der Waals surface area contributed by atoms with Gasteiger partial charge in [-0.1, -0.05) is 18.2 Å². The highest BCUT2D eigenvalue weighted by atomic mass is 16.4. The summed E-state index contributed by atoms with van der Waals surface area (Å²) in [6.07, 6.45) is 3.15. The number of aliphatic carboxylic acids is 1. The Hall–Kier alpha value is -4.02. The number of hydrogen-bond acceptors (Lipinski definition) is 7. The summed E-state index contributed by atoms with van der Waals surface area (Å²) in [6, 6.07) is 7.68. The van der Waals surface area contributed by atoms with Crippen molar-refractivity contribution < 1.29 is 14.7 Å². The molecule has 4 aromatic rings. The average Bonchev–Trinajstić information content (AvgIpc) is 3.31. The van der Waals surface area contributed by atoms with Crippen LogP contribution in [-0.4, -0.2) is 65.9 Å². The van der Waals surface area contributed by atoms with Gasteiger partial charge in [0.15, 0.2) is 17.0 Å². The van der Waals surface area contributed by atoms with Crippen LogP contribution in [-0.2, 0) is 16.1 Å². The van der Waals surface area contributed by atoms with Crippen LogP contribution in [0.1, 0.15) is 0 Å². The van der Waals surface area contributed by atoms with Gasteiger partial charge in [-0.25, -0.2) is 9.67 Å². The number of carbonyl (C=O) groups is 2. The molecule has 5 rings (SSSR count). The maximum Gasteiger partial charge on any atom is 0.323 e. The first-order valence-corrected chi connectivity index (χ1v) is 8.99. The van der Waals surface area contributed by atoms with E-state index >= 15 is 0 Å². The minimum atomic E-state index is -1.01. The van der Waals surface area contributed by atoms with E-state index in [1.165, 1.54) is 10.9 Å². The van der Waals surface area contributed by atoms with Crippen LogP contribution < -0.4 is 10.2 Å². The fraction of sp³-hybridized carbons (Fsp3) is 0.222. The summed E-state index contributed by atoms with van der Waals surface area (Å²) in [6.45, 7) is 0.864. The molecule has 1 saturated heterocycles. The Morgan fingerprint density at radius 3 is 2.93 bits per heavy atom. The molecule has 0 saturated carbocycles. The molecule has 1 amide bonds. The SMILES string of the molecule is O=C(O)Cn1cnc2c(-n3ncc4ccccc43)nc(N3CCNC(=O)C3)nc21. The molecule has 1 aromatic carbocycles. The molecule has 0 bridgehead atoms. The standard InChI is InChI=1S/C18H16N8O3/c27-13-8-24(6-5-19-13)18-22-16-15(20-10-25(16)9-14(28)29)17(23-18)26-12-4-2-1-3-11(12)7-21-26/h1-4,7,10H,5-6,8-9H2,(H,19,27)(H,28,29). The summed E-state index contributed by atoms with van der Waals surface area (Å²) in [4.78, 5) is 38.4. The molecule has 3 aromatic heterocycles. The molecule has 11 nitrogen and oxygen atoms in total. The highest BCUT2D eigenvalue weighted by molar-refractivity contribution is 5.87. The second-order valence-electron chi connectivity index (χ2n) is 6.67. The Balaban J connectivity index is 1.74. The normalized spacial score (nSPS) is 14.5. The average molecular weight is 392 g/mol. The van der Waals surface area contributed by atoms with Crippen LogP contribution in [0.25, 0.3) is 27.9 Å². The number of carbonyl (C=O) groups excluding carboxylic acids is 1. The molecular weight excluding hydrogens is 376 g/mol. The number of rotatable bonds is 4. The second kappa shape index (κ2) is 6.55. The summed E-state index contributed by atoms with van der Waals surface area (Å²) in [7, 11) is 0. The van der Waals surface area contributed by atoms with E-state index in [0.29, 0.717) is 36.0 Å². The van der Waals surface area contributed by atoms with Crippen molar-refractivity contribution in [3.63, 3.8) is 0 Å². The number of anilines is 1. The van der Waals surface area contributed by atoms with Crippen molar-refractivity contribution in [3.8, 4) is 5.82 Å². The number of imidazole rings is 1. The van der Waals surface area contributed by atoms with Crippen LogP contribution in [0.2, 0.25) is 0 Å². The van der Waals surface area contributed by atoms with Crippen LogP contribution in [0.15, 0.2) is 36.8 Å². The van der Waals surface area contributed by atoms with Gasteiger partial charge in [0, 0.05) is 18.5 Å². The third-order valence-corrected chi connectivity index (χ3v) is 4.74. The van der Waals surface area contributed by atoms with Crippen LogP contribution >= 0.6 is 0 Å². The van der Waals surface area contributed by atoms with Gasteiger partial charge in [0.05, 0.1) is 24.6 Å². The quantitative estimate of drug-likeness (QED) is 0.503. The van der Waals surface area contributed by atoms with Gasteiger partial charge < -0.3 is 19.9 Å². The number of nitrogens with one attached hydrogen (secondary N) is 1. The van der Waals surface area contributed by atoms with Crippen molar-refractivity contribution in [1.29, 1.82) is 0 Å². The number of para-hydroxylation sites is 1. The molecule has 0 unspecified atom stereocenters. The molecule has 29 heavy (non-hydrogen) atoms. The molecule has 2 N–H and O–H groups in total. The zero-order valence-corrected chi connectivity index (χ0v) is 15.2. The first kappa shape index (κ1) is 17.1. The number of piperazine rings is 1. The summed E-state index contributed by atoms with van der Waals surface area (Å²) in [5.74, 6) is -0.367. The summed E-state index contributed by atoms with van der Waals surface area (Å²) in [5.41, 5.74) is 1.64. The fourth-order valence-electron chi connectivity index (χ4n) is 3.42. The van der Waals surface area contributed by atoms with Crippen molar-refractivity contribution in [2.45, 2.75) is 6.54 Å². The molecule has 0 radical (unpaired) electrons. The van der Waals surface area contributed by atoms with E-state index in [2.05, 4.69) is 25.4 Å². The van der Waals surface area contributed by atoms with Gasteiger partial charge in [0.25, 0.3) is 0 Å². The number of nitrogens with zero attached hydrogens (tertiary/aromatic N) is 7. The minimum absolute atomic E-state index is 0.120. The molecule has 0 aliphatic carbocycles. The van der Waals surface area contributed by atoms with Crippen molar-refractivity contribution in [2.75, 3.05) is 24.5 Å². The van der Waals surface area contributed by atoms with E-state index in [1.54, 1.807) is 15.8 Å². The summed E-state index contributed by atoms with van der Waals surface area (Å²) in [5, 5.41) is 17.4. The van der Waals surface area contributed by atoms with Gasteiger partial charge in [-0.3, -0.25) is 9.59 Å². The van der Waals surface area contributed by atoms with Crippen molar-refractivity contribution >= 4 is 39.9 Å². The Morgan fingerprint density at radius 2 is 2.10 bits per heavy atom. The van der Waals surface area contributed by atoms with Gasteiger partial charge in [0.2, 0.25) is 11.9 Å². The van der Waals surface area contributed by atoms with E-state index in [1.807, 2.05) is 24.3 Å². The number of carboxylic acid groups (broad SMARTS) is 1. The molecule has 1 aliphatic rings. The Bertz CT molecular complexity index is 1260. The zero-order chi connectivity index (χ0) is 20.0. The van der Waals surface area contributed by atoms with Crippen LogP contribution in [0.3, 0.4) is 0 Å². The van der Waals surface area contributed by atoms with Crippen LogP contribution in [0.4, 0.5) is 5.95 Å². The molecule has 4 heterocycles. The highest BCUT2D eigenvalue weighted by Gasteiger charge is 2.23. The van der Waals surface area contributed by atoms with E-state index in [9.17, 15) is 14.7 Å². The Morgan fingerprint density at radius 1 is 1.24 bits per heavy atom. The van der Waals surface area contributed by atoms with Crippen molar-refractivity contribution in [2.24, 2.45) is 0 Å². The lowest BCUT2D eigenvalue weighted by Crippen LogP contribution is -2.48. The van der Waals surface area contributed by atoms with E-state index < -0.39 is 5.97 Å². The van der Waals surface area contributed by atoms with Gasteiger partial charge in [-0.15, -0.1) is 0 Å². The largest absolute Gasteiger partial charge is 0.480 e. The predicted molar refractivity (Wildman–Crippen MR) is 103 cm³/mol. The first-order chi connectivity index (χ1) is 14.1. The lowest BCUT2D eigenvalue weighted by molar-refractivity contribution is -0.137. The summed E-state index contributed by atoms with van der Waals surface area (Å²) < 4.78 is 3.10. The zero-order valence-electron chi connectivity index (χ0n) is 15.2. The van der Waals surface area contributed by atoms with Gasteiger partial charge in [-0.2, -0.15) is 15.1 Å². The van der Waals surface area contributed by atoms with E-state index in [0.717, 1.165) is 10.9 Å². The maximum absolute atomic E-state index is 11.8. The first-order valence-electron chi connectivity index (χ1n) is 8.99. The molecule has 0 spiro atoms. The van der Waals surface area contributed by atoms with Gasteiger partial charge >= 0.3 is 5.97 Å². The molecule has 1 fully saturated rings. The third-order valence-electron chi connectivity index (χ3n) is 4.74. The van der Waals surface area contributed by atoms with Gasteiger partial charge in [-0.05, 0) is 6.07 Å². The lowest BCUT2D eigenvalue weighted by Gasteiger charge is -2.26. The minimum Gasteiger partial charge on any atom is -0.480 e. The molecule has 146 valence electrons. The topological polar surface area (TPSA) is 131 Å². The molecule has 0 atom stereocenters. The number of benzene rings is 1. The number of amides is 1. The van der Waals surface area contributed by atoms with Crippen molar-refractivity contribution in [1.82, 2.24) is 34.6 Å².